The van der Waals surface area contributed by atoms with Gasteiger partial charge in [-0.05, 0) is 38.1 Å². The Hall–Kier alpha value is -2.03. The zero-order valence-corrected chi connectivity index (χ0v) is 15.0. The van der Waals surface area contributed by atoms with Crippen molar-refractivity contribution < 1.29 is 22.7 Å². The molecule has 0 N–H and O–H groups in total. The van der Waals surface area contributed by atoms with Crippen LogP contribution >= 0.6 is 0 Å². The molecule has 2 atom stereocenters. The van der Waals surface area contributed by atoms with Crippen LogP contribution < -0.4 is 4.90 Å². The molecule has 1 aromatic heterocycles. The van der Waals surface area contributed by atoms with Crippen LogP contribution in [0, 0.1) is 0 Å². The van der Waals surface area contributed by atoms with E-state index in [0.29, 0.717) is 13.1 Å². The van der Waals surface area contributed by atoms with E-state index in [9.17, 15) is 18.0 Å². The van der Waals surface area contributed by atoms with Crippen molar-refractivity contribution in [2.75, 3.05) is 44.2 Å². The van der Waals surface area contributed by atoms with E-state index >= 15 is 0 Å². The first-order chi connectivity index (χ1) is 12.9. The van der Waals surface area contributed by atoms with Crippen LogP contribution in [-0.2, 0) is 10.9 Å². The zero-order chi connectivity index (χ0) is 19.0. The third-order valence-corrected chi connectivity index (χ3v) is 5.62. The van der Waals surface area contributed by atoms with Gasteiger partial charge in [0.25, 0.3) is 0 Å². The Morgan fingerprint density at radius 1 is 1.15 bits per heavy atom. The first kappa shape index (κ1) is 18.3. The van der Waals surface area contributed by atoms with Gasteiger partial charge in [0.1, 0.15) is 11.9 Å². The number of halogens is 3. The molecule has 1 aromatic rings. The summed E-state index contributed by atoms with van der Waals surface area (Å²) >= 11 is 0. The second-order valence-electron chi connectivity index (χ2n) is 7.36. The predicted molar refractivity (Wildman–Crippen MR) is 92.5 cm³/mol. The Morgan fingerprint density at radius 3 is 2.67 bits per heavy atom. The largest absolute Gasteiger partial charge is 0.442 e. The summed E-state index contributed by atoms with van der Waals surface area (Å²) in [5.41, 5.74) is -0.754. The predicted octanol–water partition coefficient (Wildman–Crippen LogP) is 2.60. The van der Waals surface area contributed by atoms with Gasteiger partial charge in [0.2, 0.25) is 0 Å². The van der Waals surface area contributed by atoms with E-state index in [1.807, 2.05) is 0 Å². The number of fused-ring (bicyclic) bond motifs is 1. The molecule has 3 aliphatic rings. The minimum absolute atomic E-state index is 0.0913. The molecule has 3 aliphatic heterocycles. The lowest BCUT2D eigenvalue weighted by Crippen LogP contribution is -2.44. The minimum atomic E-state index is -4.47. The highest BCUT2D eigenvalue weighted by Crippen LogP contribution is 2.38. The maximum Gasteiger partial charge on any atom is 0.419 e. The number of hydrogen-bond donors (Lipinski definition) is 0. The average Bonchev–Trinajstić information content (AvgIpc) is 3.17. The Morgan fingerprint density at radius 2 is 1.93 bits per heavy atom. The number of amides is 1. The Kier molecular flexibility index (Phi) is 4.88. The maximum atomic E-state index is 13.3. The van der Waals surface area contributed by atoms with E-state index in [0.717, 1.165) is 25.7 Å². The van der Waals surface area contributed by atoms with Crippen molar-refractivity contribution in [1.82, 2.24) is 14.8 Å². The van der Waals surface area contributed by atoms with Crippen molar-refractivity contribution >= 4 is 11.9 Å². The minimum Gasteiger partial charge on any atom is -0.442 e. The van der Waals surface area contributed by atoms with Gasteiger partial charge in [-0.25, -0.2) is 9.78 Å². The van der Waals surface area contributed by atoms with E-state index in [4.69, 9.17) is 4.74 Å². The molecule has 1 amide bonds. The zero-order valence-electron chi connectivity index (χ0n) is 15.0. The SMILES string of the molecule is O=C1O[C@H]2CN(c3ncccc3C(F)(F)F)C[C@H]2N1CCN1CCCCC1. The van der Waals surface area contributed by atoms with Gasteiger partial charge in [-0.2, -0.15) is 13.2 Å². The lowest BCUT2D eigenvalue weighted by Gasteiger charge is -2.29. The highest BCUT2D eigenvalue weighted by molar-refractivity contribution is 5.72. The van der Waals surface area contributed by atoms with Gasteiger partial charge in [0, 0.05) is 25.8 Å². The Bertz CT molecular complexity index is 693. The number of carbonyl (C=O) groups is 1. The molecule has 27 heavy (non-hydrogen) atoms. The molecule has 0 radical (unpaired) electrons. The molecule has 3 fully saturated rings. The van der Waals surface area contributed by atoms with Gasteiger partial charge in [0.05, 0.1) is 18.2 Å². The van der Waals surface area contributed by atoms with Crippen LogP contribution in [0.15, 0.2) is 18.3 Å². The summed E-state index contributed by atoms with van der Waals surface area (Å²) in [7, 11) is 0. The molecule has 6 nitrogen and oxygen atoms in total. The number of piperidine rings is 1. The normalized spacial score (nSPS) is 26.4. The first-order valence-corrected chi connectivity index (χ1v) is 9.40. The highest BCUT2D eigenvalue weighted by Gasteiger charge is 2.49. The molecular weight excluding hydrogens is 361 g/mol. The van der Waals surface area contributed by atoms with Crippen LogP contribution in [0.1, 0.15) is 24.8 Å². The summed E-state index contributed by atoms with van der Waals surface area (Å²) in [6.07, 6.45) is -0.298. The fourth-order valence-corrected chi connectivity index (χ4v) is 4.24. The lowest BCUT2D eigenvalue weighted by atomic mass is 10.1. The van der Waals surface area contributed by atoms with Gasteiger partial charge in [-0.3, -0.25) is 4.90 Å². The maximum absolute atomic E-state index is 13.3. The van der Waals surface area contributed by atoms with Gasteiger partial charge >= 0.3 is 12.3 Å². The standard InChI is InChI=1S/C18H23F3N4O2/c19-18(20,21)13-5-4-6-22-16(13)24-11-14-15(12-24)27-17(26)25(14)10-9-23-7-2-1-3-8-23/h4-6,14-15H,1-3,7-12H2/t14-,15+/m1/s1. The quantitative estimate of drug-likeness (QED) is 0.799. The molecule has 0 saturated carbocycles. The van der Waals surface area contributed by atoms with Gasteiger partial charge in [-0.1, -0.05) is 6.42 Å². The second-order valence-corrected chi connectivity index (χ2v) is 7.36. The fourth-order valence-electron chi connectivity index (χ4n) is 4.24. The Balaban J connectivity index is 1.44. The number of ether oxygens (including phenoxy) is 1. The van der Waals surface area contributed by atoms with Crippen molar-refractivity contribution in [1.29, 1.82) is 0 Å². The number of pyridine rings is 1. The van der Waals surface area contributed by atoms with E-state index < -0.39 is 17.8 Å². The number of aromatic nitrogens is 1. The molecule has 148 valence electrons. The number of rotatable bonds is 4. The molecule has 0 aromatic carbocycles. The van der Waals surface area contributed by atoms with Crippen molar-refractivity contribution in [3.05, 3.63) is 23.9 Å². The lowest BCUT2D eigenvalue weighted by molar-refractivity contribution is -0.137. The summed E-state index contributed by atoms with van der Waals surface area (Å²) in [6.45, 7) is 3.92. The Labute approximate surface area is 155 Å². The average molecular weight is 384 g/mol. The number of anilines is 1. The smallest absolute Gasteiger partial charge is 0.419 e. The number of nitrogens with zero attached hydrogens (tertiary/aromatic N) is 4. The van der Waals surface area contributed by atoms with E-state index in [1.165, 1.54) is 31.5 Å². The topological polar surface area (TPSA) is 48.9 Å². The molecule has 0 aliphatic carbocycles. The van der Waals surface area contributed by atoms with Crippen LogP contribution in [0.25, 0.3) is 0 Å². The summed E-state index contributed by atoms with van der Waals surface area (Å²) in [5.74, 6) is -0.0913. The highest BCUT2D eigenvalue weighted by atomic mass is 19.4. The third kappa shape index (κ3) is 3.69. The number of likely N-dealkylation sites (tertiary alicyclic amines) is 1. The van der Waals surface area contributed by atoms with Crippen LogP contribution in [-0.4, -0.2) is 72.3 Å². The summed E-state index contributed by atoms with van der Waals surface area (Å²) in [4.78, 5) is 21.7. The second kappa shape index (κ2) is 7.18. The van der Waals surface area contributed by atoms with Gasteiger partial charge < -0.3 is 14.5 Å². The summed E-state index contributed by atoms with van der Waals surface area (Å²) in [5, 5.41) is 0. The van der Waals surface area contributed by atoms with E-state index in [2.05, 4.69) is 9.88 Å². The molecule has 4 rings (SSSR count). The van der Waals surface area contributed by atoms with E-state index in [-0.39, 0.29) is 24.5 Å². The monoisotopic (exact) mass is 384 g/mol. The van der Waals surface area contributed by atoms with Crippen molar-refractivity contribution in [3.8, 4) is 0 Å². The van der Waals surface area contributed by atoms with Crippen LogP contribution in [0.4, 0.5) is 23.8 Å². The van der Waals surface area contributed by atoms with Gasteiger partial charge in [-0.15, -0.1) is 0 Å². The van der Waals surface area contributed by atoms with Crippen LogP contribution in [0.5, 0.6) is 0 Å². The molecule has 9 heteroatoms. The molecule has 0 unspecified atom stereocenters. The van der Waals surface area contributed by atoms with Crippen LogP contribution in [0.2, 0.25) is 0 Å². The van der Waals surface area contributed by atoms with E-state index in [1.54, 1.807) is 9.80 Å². The summed E-state index contributed by atoms with van der Waals surface area (Å²) < 4.78 is 45.3. The molecular formula is C18H23F3N4O2. The van der Waals surface area contributed by atoms with Crippen LogP contribution in [0.3, 0.4) is 0 Å². The molecule has 0 spiro atoms. The number of carbonyl (C=O) groups excluding carboxylic acids is 1. The molecule has 0 bridgehead atoms. The van der Waals surface area contributed by atoms with Gasteiger partial charge in [0.15, 0.2) is 0 Å². The number of alkyl halides is 3. The number of hydrogen-bond acceptors (Lipinski definition) is 5. The molecule has 4 heterocycles. The van der Waals surface area contributed by atoms with Crippen molar-refractivity contribution in [3.63, 3.8) is 0 Å². The molecule has 3 saturated heterocycles. The first-order valence-electron chi connectivity index (χ1n) is 9.40. The summed E-state index contributed by atoms with van der Waals surface area (Å²) in [6, 6.07) is 2.09. The third-order valence-electron chi connectivity index (χ3n) is 5.62. The van der Waals surface area contributed by atoms with Crippen molar-refractivity contribution in [2.24, 2.45) is 0 Å². The van der Waals surface area contributed by atoms with Crippen molar-refractivity contribution in [2.45, 2.75) is 37.6 Å². The fraction of sp³-hybridized carbons (Fsp3) is 0.667.